The van der Waals surface area contributed by atoms with E-state index in [9.17, 15) is 31.9 Å². The number of carbonyl (C=O) groups is 1. The molecule has 1 aliphatic heterocycles. The van der Waals surface area contributed by atoms with Gasteiger partial charge in [-0.05, 0) is 29.3 Å². The second kappa shape index (κ2) is 8.33. The summed E-state index contributed by atoms with van der Waals surface area (Å²) in [4.78, 5) is 13.6. The molecule has 1 N–H and O–H groups in total. The van der Waals surface area contributed by atoms with Crippen LogP contribution < -0.4 is 4.74 Å². The van der Waals surface area contributed by atoms with Crippen LogP contribution in [0, 0.1) is 11.6 Å². The predicted octanol–water partition coefficient (Wildman–Crippen LogP) is 4.14. The van der Waals surface area contributed by atoms with Gasteiger partial charge in [-0.3, -0.25) is 9.48 Å². The van der Waals surface area contributed by atoms with E-state index in [1.807, 2.05) is 0 Å². The van der Waals surface area contributed by atoms with Crippen molar-refractivity contribution >= 4 is 5.91 Å². The van der Waals surface area contributed by atoms with Crippen LogP contribution in [0.25, 0.3) is 11.3 Å². The molecule has 2 aliphatic rings. The molecule has 1 aliphatic carbocycles. The van der Waals surface area contributed by atoms with Crippen LogP contribution in [0.4, 0.5) is 22.0 Å². The molecule has 0 radical (unpaired) electrons. The normalized spacial score (nSPS) is 19.5. The monoisotopic (exact) mass is 493 g/mol. The third-order valence-electron chi connectivity index (χ3n) is 6.43. The zero-order valence-corrected chi connectivity index (χ0v) is 18.4. The molecule has 0 spiro atoms. The Hall–Kier alpha value is -3.47. The predicted molar refractivity (Wildman–Crippen MR) is 113 cm³/mol. The number of hydrogen-bond donors (Lipinski definition) is 1. The van der Waals surface area contributed by atoms with Crippen LogP contribution in [0.2, 0.25) is 0 Å². The maximum Gasteiger partial charge on any atom is 0.573 e. The van der Waals surface area contributed by atoms with Gasteiger partial charge in [-0.15, -0.1) is 13.2 Å². The van der Waals surface area contributed by atoms with Gasteiger partial charge in [-0.25, -0.2) is 8.78 Å². The lowest BCUT2D eigenvalue weighted by Gasteiger charge is -2.28. The number of fused-ring (bicyclic) bond motifs is 2. The summed E-state index contributed by atoms with van der Waals surface area (Å²) in [6.45, 7) is 1.92. The molecule has 0 saturated heterocycles. The Bertz CT molecular complexity index is 1320. The molecular formula is C24H20F5N3O3. The maximum atomic E-state index is 14.4. The van der Waals surface area contributed by atoms with Crippen LogP contribution in [-0.2, 0) is 24.2 Å². The van der Waals surface area contributed by atoms with E-state index >= 15 is 0 Å². The van der Waals surface area contributed by atoms with Crippen molar-refractivity contribution in [2.24, 2.45) is 0 Å². The molecule has 2 atom stereocenters. The molecule has 1 unspecified atom stereocenters. The number of benzene rings is 2. The molecule has 1 aromatic heterocycles. The summed E-state index contributed by atoms with van der Waals surface area (Å²) in [5, 5.41) is 15.4. The molecule has 2 aromatic carbocycles. The van der Waals surface area contributed by atoms with Gasteiger partial charge in [0.15, 0.2) is 0 Å². The fourth-order valence-corrected chi connectivity index (χ4v) is 4.94. The van der Waals surface area contributed by atoms with Crippen molar-refractivity contribution in [2.75, 3.05) is 6.54 Å². The van der Waals surface area contributed by atoms with Crippen LogP contribution in [0.3, 0.4) is 0 Å². The molecule has 1 amide bonds. The number of carbonyl (C=O) groups excluding carboxylic acids is 1. The highest BCUT2D eigenvalue weighted by molar-refractivity contribution is 5.75. The van der Waals surface area contributed by atoms with Gasteiger partial charge < -0.3 is 14.7 Å². The summed E-state index contributed by atoms with van der Waals surface area (Å²) in [5.41, 5.74) is 2.29. The van der Waals surface area contributed by atoms with Crippen molar-refractivity contribution < 1.29 is 36.6 Å². The number of rotatable bonds is 3. The number of hydrogen-bond acceptors (Lipinski definition) is 4. The molecular weight excluding hydrogens is 473 g/mol. The number of aliphatic hydroxyl groups is 1. The Morgan fingerprint density at radius 2 is 1.94 bits per heavy atom. The van der Waals surface area contributed by atoms with Gasteiger partial charge in [0, 0.05) is 55.7 Å². The first-order valence-corrected chi connectivity index (χ1v) is 10.9. The molecule has 5 rings (SSSR count). The molecule has 184 valence electrons. The SMILES string of the molecule is CC(=O)N1CCc2c(c(-c3cccc(OC(F)(F)F)c3)nn2C2c3cc(F)cc(F)c3C[C@H]2O)C1. The van der Waals surface area contributed by atoms with Gasteiger partial charge >= 0.3 is 6.36 Å². The summed E-state index contributed by atoms with van der Waals surface area (Å²) in [5.74, 6) is -2.17. The lowest BCUT2D eigenvalue weighted by molar-refractivity contribution is -0.274. The number of alkyl halides is 3. The van der Waals surface area contributed by atoms with Crippen LogP contribution in [0.5, 0.6) is 5.75 Å². The van der Waals surface area contributed by atoms with E-state index in [0.29, 0.717) is 35.5 Å². The number of amides is 1. The molecule has 0 fully saturated rings. The topological polar surface area (TPSA) is 67.6 Å². The smallest absolute Gasteiger partial charge is 0.406 e. The van der Waals surface area contributed by atoms with Crippen molar-refractivity contribution in [1.82, 2.24) is 14.7 Å². The quantitative estimate of drug-likeness (QED) is 0.557. The van der Waals surface area contributed by atoms with Gasteiger partial charge in [0.25, 0.3) is 0 Å². The highest BCUT2D eigenvalue weighted by atomic mass is 19.4. The molecule has 0 bridgehead atoms. The number of halogens is 5. The first-order valence-electron chi connectivity index (χ1n) is 10.9. The minimum atomic E-state index is -4.88. The average molecular weight is 493 g/mol. The number of ether oxygens (including phenoxy) is 1. The second-order valence-electron chi connectivity index (χ2n) is 8.66. The fourth-order valence-electron chi connectivity index (χ4n) is 4.94. The lowest BCUT2D eigenvalue weighted by Crippen LogP contribution is -2.35. The highest BCUT2D eigenvalue weighted by Gasteiger charge is 2.39. The summed E-state index contributed by atoms with van der Waals surface area (Å²) >= 11 is 0. The fraction of sp³-hybridized carbons (Fsp3) is 0.333. The Morgan fingerprint density at radius 1 is 1.17 bits per heavy atom. The Morgan fingerprint density at radius 3 is 2.66 bits per heavy atom. The average Bonchev–Trinajstić information content (AvgIpc) is 3.29. The second-order valence-corrected chi connectivity index (χ2v) is 8.66. The summed E-state index contributed by atoms with van der Waals surface area (Å²) in [7, 11) is 0. The summed E-state index contributed by atoms with van der Waals surface area (Å²) in [6.07, 6.45) is -5.67. The van der Waals surface area contributed by atoms with Crippen LogP contribution in [0.1, 0.15) is 35.3 Å². The number of aromatic nitrogens is 2. The van der Waals surface area contributed by atoms with E-state index in [0.717, 1.165) is 18.2 Å². The van der Waals surface area contributed by atoms with Crippen LogP contribution in [0.15, 0.2) is 36.4 Å². The van der Waals surface area contributed by atoms with Crippen molar-refractivity contribution in [2.45, 2.75) is 44.8 Å². The summed E-state index contributed by atoms with van der Waals surface area (Å²) in [6, 6.07) is 6.32. The largest absolute Gasteiger partial charge is 0.573 e. The molecule has 3 aromatic rings. The first-order chi connectivity index (χ1) is 16.5. The van der Waals surface area contributed by atoms with Gasteiger partial charge in [-0.2, -0.15) is 5.10 Å². The van der Waals surface area contributed by atoms with Crippen LogP contribution in [-0.4, -0.2) is 44.7 Å². The van der Waals surface area contributed by atoms with E-state index < -0.39 is 35.9 Å². The van der Waals surface area contributed by atoms with E-state index in [2.05, 4.69) is 9.84 Å². The molecule has 0 saturated carbocycles. The van der Waals surface area contributed by atoms with Gasteiger partial charge in [0.05, 0.1) is 11.8 Å². The number of aliphatic hydroxyl groups excluding tert-OH is 1. The van der Waals surface area contributed by atoms with Crippen molar-refractivity contribution in [3.05, 3.63) is 70.4 Å². The van der Waals surface area contributed by atoms with Gasteiger partial charge in [-0.1, -0.05) is 12.1 Å². The minimum absolute atomic E-state index is 0.0371. The van der Waals surface area contributed by atoms with E-state index in [1.54, 1.807) is 11.0 Å². The van der Waals surface area contributed by atoms with Crippen LogP contribution >= 0.6 is 0 Å². The molecule has 35 heavy (non-hydrogen) atoms. The lowest BCUT2D eigenvalue weighted by atomic mass is 9.99. The highest BCUT2D eigenvalue weighted by Crippen LogP contribution is 2.41. The molecule has 6 nitrogen and oxygen atoms in total. The Labute approximate surface area is 196 Å². The van der Waals surface area contributed by atoms with Crippen molar-refractivity contribution in [3.63, 3.8) is 0 Å². The Kier molecular flexibility index (Phi) is 5.54. The number of nitrogens with zero attached hydrogens (tertiary/aromatic N) is 3. The Balaban J connectivity index is 1.66. The summed E-state index contributed by atoms with van der Waals surface area (Å²) < 4.78 is 72.3. The van der Waals surface area contributed by atoms with Gasteiger partial charge in [0.2, 0.25) is 5.91 Å². The zero-order valence-electron chi connectivity index (χ0n) is 18.4. The standard InChI is InChI=1S/C24H20F5N3O3/c1-12(33)31-6-5-20-18(11-31)22(13-3-2-4-15(7-13)35-24(27,28)29)30-32(20)23-17-8-14(25)9-19(26)16(17)10-21(23)34/h2-4,7-9,21,23,34H,5-6,10-11H2,1H3/t21-,23?/m1/s1. The van der Waals surface area contributed by atoms with E-state index in [-0.39, 0.29) is 30.0 Å². The molecule has 11 heteroatoms. The van der Waals surface area contributed by atoms with E-state index in [1.165, 1.54) is 23.7 Å². The third-order valence-corrected chi connectivity index (χ3v) is 6.43. The minimum Gasteiger partial charge on any atom is -0.406 e. The third kappa shape index (κ3) is 4.24. The van der Waals surface area contributed by atoms with Gasteiger partial charge in [0.1, 0.15) is 23.4 Å². The van der Waals surface area contributed by atoms with Crippen molar-refractivity contribution in [3.8, 4) is 17.0 Å². The first kappa shape index (κ1) is 23.3. The zero-order chi connectivity index (χ0) is 25.1. The molecule has 2 heterocycles. The van der Waals surface area contributed by atoms with E-state index in [4.69, 9.17) is 0 Å². The van der Waals surface area contributed by atoms with Crippen molar-refractivity contribution in [1.29, 1.82) is 0 Å². The maximum absolute atomic E-state index is 14.4.